The molecule has 6 rings (SSSR count). The van der Waals surface area contributed by atoms with Gasteiger partial charge in [-0.15, -0.1) is 0 Å². The summed E-state index contributed by atoms with van der Waals surface area (Å²) in [6.45, 7) is 0. The summed E-state index contributed by atoms with van der Waals surface area (Å²) in [5.41, 5.74) is 5.04. The van der Waals surface area contributed by atoms with Crippen LogP contribution in [0.25, 0.3) is 16.9 Å². The maximum atomic E-state index is 13.0. The molecule has 0 saturated heterocycles. The van der Waals surface area contributed by atoms with E-state index in [0.717, 1.165) is 52.6 Å². The lowest BCUT2D eigenvalue weighted by molar-refractivity contribution is -0.116. The zero-order chi connectivity index (χ0) is 21.7. The predicted molar refractivity (Wildman–Crippen MR) is 124 cm³/mol. The van der Waals surface area contributed by atoms with Crippen molar-refractivity contribution in [2.45, 2.75) is 36.9 Å². The summed E-state index contributed by atoms with van der Waals surface area (Å²) in [4.78, 5) is 35.4. The molecule has 0 radical (unpaired) electrons. The van der Waals surface area contributed by atoms with Crippen LogP contribution in [0.2, 0.25) is 0 Å². The Morgan fingerprint density at radius 1 is 1.12 bits per heavy atom. The Morgan fingerprint density at radius 2 is 2.00 bits per heavy atom. The first-order chi connectivity index (χ1) is 15.7. The predicted octanol–water partition coefficient (Wildman–Crippen LogP) is 3.72. The van der Waals surface area contributed by atoms with Crippen molar-refractivity contribution in [2.75, 3.05) is 11.1 Å². The highest BCUT2D eigenvalue weighted by Gasteiger charge is 2.31. The minimum atomic E-state index is -0.178. The molecule has 4 heterocycles. The average molecular weight is 444 g/mol. The van der Waals surface area contributed by atoms with Crippen LogP contribution in [0.5, 0.6) is 0 Å². The van der Waals surface area contributed by atoms with E-state index in [2.05, 4.69) is 10.3 Å². The topological polar surface area (TPSA) is 81.3 Å². The number of amides is 1. The Hall–Kier alpha value is -3.39. The van der Waals surface area contributed by atoms with Gasteiger partial charge in [-0.2, -0.15) is 0 Å². The second kappa shape index (κ2) is 7.63. The van der Waals surface area contributed by atoms with Crippen LogP contribution in [0, 0.1) is 0 Å². The Labute approximate surface area is 188 Å². The molecular weight excluding hydrogens is 422 g/mol. The first-order valence-corrected chi connectivity index (χ1v) is 11.8. The molecule has 160 valence electrons. The van der Waals surface area contributed by atoms with Gasteiger partial charge in [0.15, 0.2) is 5.16 Å². The Bertz CT molecular complexity index is 1390. The highest BCUT2D eigenvalue weighted by Crippen LogP contribution is 2.34. The van der Waals surface area contributed by atoms with Crippen molar-refractivity contribution in [3.05, 3.63) is 76.5 Å². The number of hydrogen-bond donors (Lipinski definition) is 1. The van der Waals surface area contributed by atoms with Crippen LogP contribution in [0.15, 0.2) is 64.8 Å². The number of pyridine rings is 1. The van der Waals surface area contributed by atoms with Crippen molar-refractivity contribution in [1.29, 1.82) is 0 Å². The molecule has 0 fully saturated rings. The molecule has 0 saturated carbocycles. The molecular formula is C24H21N5O2S. The number of fused-ring (bicyclic) bond motifs is 3. The van der Waals surface area contributed by atoms with Gasteiger partial charge < -0.3 is 9.72 Å². The fourth-order valence-corrected chi connectivity index (χ4v) is 5.75. The summed E-state index contributed by atoms with van der Waals surface area (Å²) < 4.78 is 3.70. The summed E-state index contributed by atoms with van der Waals surface area (Å²) in [5, 5.41) is 3.80. The van der Waals surface area contributed by atoms with E-state index in [1.807, 2.05) is 59.3 Å². The van der Waals surface area contributed by atoms with E-state index in [0.29, 0.717) is 11.4 Å². The number of benzene rings is 1. The van der Waals surface area contributed by atoms with Crippen LogP contribution in [-0.4, -0.2) is 30.6 Å². The molecule has 1 aliphatic heterocycles. The number of rotatable bonds is 4. The molecule has 8 heteroatoms. The van der Waals surface area contributed by atoms with E-state index < -0.39 is 0 Å². The lowest BCUT2D eigenvalue weighted by Gasteiger charge is -2.15. The minimum Gasteiger partial charge on any atom is -0.325 e. The van der Waals surface area contributed by atoms with E-state index in [4.69, 9.17) is 4.98 Å². The summed E-state index contributed by atoms with van der Waals surface area (Å²) in [6, 6.07) is 13.3. The van der Waals surface area contributed by atoms with Crippen molar-refractivity contribution < 1.29 is 4.79 Å². The van der Waals surface area contributed by atoms with Gasteiger partial charge in [0.1, 0.15) is 5.65 Å². The Kier molecular flexibility index (Phi) is 4.61. The van der Waals surface area contributed by atoms with E-state index in [1.54, 1.807) is 16.3 Å². The number of anilines is 1. The first-order valence-electron chi connectivity index (χ1n) is 10.8. The molecule has 1 aliphatic carbocycles. The molecule has 0 bridgehead atoms. The van der Waals surface area contributed by atoms with Crippen LogP contribution < -0.4 is 10.9 Å². The molecule has 1 amide bonds. The second-order valence-corrected chi connectivity index (χ2v) is 9.19. The SMILES string of the molecule is O=C(CC1CSc2nc3c(c(=O)n21)CCC3)Nc1ccccc1-c1cn2ccccc2n1. The highest BCUT2D eigenvalue weighted by atomic mass is 32.2. The Morgan fingerprint density at radius 3 is 2.91 bits per heavy atom. The van der Waals surface area contributed by atoms with Gasteiger partial charge in [0.05, 0.1) is 23.1 Å². The van der Waals surface area contributed by atoms with Crippen molar-refractivity contribution in [1.82, 2.24) is 18.9 Å². The fraction of sp³-hybridized carbons (Fsp3) is 0.250. The van der Waals surface area contributed by atoms with Gasteiger partial charge in [0, 0.05) is 35.7 Å². The number of nitrogens with one attached hydrogen (secondary N) is 1. The smallest absolute Gasteiger partial charge is 0.257 e. The molecule has 32 heavy (non-hydrogen) atoms. The third-order valence-corrected chi connectivity index (χ3v) is 7.23. The highest BCUT2D eigenvalue weighted by molar-refractivity contribution is 7.99. The van der Waals surface area contributed by atoms with Gasteiger partial charge in [0.2, 0.25) is 5.91 Å². The molecule has 4 aromatic rings. The molecule has 2 aliphatic rings. The molecule has 1 unspecified atom stereocenters. The van der Waals surface area contributed by atoms with Crippen LogP contribution in [0.4, 0.5) is 5.69 Å². The van der Waals surface area contributed by atoms with Gasteiger partial charge in [-0.05, 0) is 37.5 Å². The van der Waals surface area contributed by atoms with Crippen molar-refractivity contribution in [2.24, 2.45) is 0 Å². The van der Waals surface area contributed by atoms with Gasteiger partial charge in [-0.1, -0.05) is 36.0 Å². The maximum Gasteiger partial charge on any atom is 0.257 e. The summed E-state index contributed by atoms with van der Waals surface area (Å²) >= 11 is 1.57. The Balaban J connectivity index is 1.26. The lowest BCUT2D eigenvalue weighted by Crippen LogP contribution is -2.30. The number of aryl methyl sites for hydroxylation is 1. The number of thioether (sulfide) groups is 1. The third kappa shape index (κ3) is 3.22. The number of imidazole rings is 1. The van der Waals surface area contributed by atoms with Gasteiger partial charge in [0.25, 0.3) is 5.56 Å². The van der Waals surface area contributed by atoms with Crippen LogP contribution in [-0.2, 0) is 17.6 Å². The van der Waals surface area contributed by atoms with Crippen LogP contribution in [0.3, 0.4) is 0 Å². The number of para-hydroxylation sites is 1. The molecule has 1 aromatic carbocycles. The molecule has 0 spiro atoms. The minimum absolute atomic E-state index is 0.0374. The molecule has 3 aromatic heterocycles. The summed E-state index contributed by atoms with van der Waals surface area (Å²) in [6.07, 6.45) is 6.79. The molecule has 1 N–H and O–H groups in total. The zero-order valence-electron chi connectivity index (χ0n) is 17.3. The molecule has 1 atom stereocenters. The quantitative estimate of drug-likeness (QED) is 0.486. The number of carbonyl (C=O) groups excluding carboxylic acids is 1. The van der Waals surface area contributed by atoms with Crippen molar-refractivity contribution in [3.8, 4) is 11.3 Å². The first kappa shape index (κ1) is 19.3. The average Bonchev–Trinajstić information content (AvgIpc) is 3.52. The van der Waals surface area contributed by atoms with Gasteiger partial charge in [-0.25, -0.2) is 9.97 Å². The number of hydrogen-bond acceptors (Lipinski definition) is 5. The van der Waals surface area contributed by atoms with Gasteiger partial charge in [-0.3, -0.25) is 14.2 Å². The normalized spacial score (nSPS) is 16.8. The second-order valence-electron chi connectivity index (χ2n) is 8.20. The van der Waals surface area contributed by atoms with E-state index in [9.17, 15) is 9.59 Å². The van der Waals surface area contributed by atoms with E-state index in [-0.39, 0.29) is 23.9 Å². The monoisotopic (exact) mass is 443 g/mol. The van der Waals surface area contributed by atoms with E-state index in [1.165, 1.54) is 0 Å². The van der Waals surface area contributed by atoms with Crippen LogP contribution >= 0.6 is 11.8 Å². The lowest BCUT2D eigenvalue weighted by atomic mass is 10.1. The number of nitrogens with zero attached hydrogens (tertiary/aromatic N) is 4. The largest absolute Gasteiger partial charge is 0.325 e. The van der Waals surface area contributed by atoms with Crippen molar-refractivity contribution in [3.63, 3.8) is 0 Å². The zero-order valence-corrected chi connectivity index (χ0v) is 18.1. The van der Waals surface area contributed by atoms with Gasteiger partial charge >= 0.3 is 0 Å². The molecule has 7 nitrogen and oxygen atoms in total. The fourth-order valence-electron chi connectivity index (χ4n) is 4.60. The van der Waals surface area contributed by atoms with Crippen molar-refractivity contribution >= 4 is 29.0 Å². The summed E-state index contributed by atoms with van der Waals surface area (Å²) in [5.74, 6) is 0.569. The summed E-state index contributed by atoms with van der Waals surface area (Å²) in [7, 11) is 0. The number of carbonyl (C=O) groups is 1. The standard InChI is InChI=1S/C24H21N5O2S/c30-22(12-15-14-32-24-27-19-9-5-7-17(19)23(31)29(15)24)26-18-8-2-1-6-16(18)20-13-28-11-4-3-10-21(28)25-20/h1-4,6,8,10-11,13,15H,5,7,9,12,14H2,(H,26,30). The maximum absolute atomic E-state index is 13.0. The van der Waals surface area contributed by atoms with Crippen LogP contribution in [0.1, 0.15) is 30.1 Å². The van der Waals surface area contributed by atoms with E-state index >= 15 is 0 Å². The third-order valence-electron chi connectivity index (χ3n) is 6.13. The number of aromatic nitrogens is 4.